The van der Waals surface area contributed by atoms with Crippen LogP contribution in [0.15, 0.2) is 47.6 Å². The quantitative estimate of drug-likeness (QED) is 0.516. The molecule has 2 spiro atoms. The summed E-state index contributed by atoms with van der Waals surface area (Å²) in [4.78, 5) is 2.03. The number of anilines is 1. The minimum absolute atomic E-state index is 0.0969. The maximum absolute atomic E-state index is 11.2. The van der Waals surface area contributed by atoms with Crippen LogP contribution in [-0.4, -0.2) is 68.9 Å². The van der Waals surface area contributed by atoms with Gasteiger partial charge >= 0.3 is 0 Å². The molecule has 7 rings (SSSR count). The minimum atomic E-state index is -0.906. The average molecular weight is 489 g/mol. The van der Waals surface area contributed by atoms with Crippen LogP contribution >= 0.6 is 0 Å². The first-order valence-electron chi connectivity index (χ1n) is 13.2. The van der Waals surface area contributed by atoms with Gasteiger partial charge in [-0.3, -0.25) is 5.10 Å². The first kappa shape index (κ1) is 22.7. The summed E-state index contributed by atoms with van der Waals surface area (Å²) in [6, 6.07) is 6.29. The number of benzene rings is 1. The number of likely N-dealkylation sites (N-methyl/N-ethyl adjacent to an activating group) is 1. The molecule has 2 bridgehead atoms. The van der Waals surface area contributed by atoms with Crippen molar-refractivity contribution in [2.75, 3.05) is 19.8 Å². The van der Waals surface area contributed by atoms with Crippen molar-refractivity contribution >= 4 is 22.3 Å². The number of nitrogens with one attached hydrogen (secondary N) is 1. The highest BCUT2D eigenvalue weighted by Crippen LogP contribution is 2.69. The summed E-state index contributed by atoms with van der Waals surface area (Å²) in [7, 11) is 3.95. The summed E-state index contributed by atoms with van der Waals surface area (Å²) in [6.45, 7) is 4.71. The van der Waals surface area contributed by atoms with Crippen molar-refractivity contribution in [3.05, 3.63) is 53.1 Å². The van der Waals surface area contributed by atoms with Gasteiger partial charge in [-0.2, -0.15) is 5.10 Å². The number of aromatic amines is 1. The molecule has 190 valence electrons. The average Bonchev–Trinajstić information content (AvgIpc) is 3.50. The van der Waals surface area contributed by atoms with Crippen LogP contribution in [0.1, 0.15) is 45.1 Å². The Morgan fingerprint density at radius 1 is 1.22 bits per heavy atom. The van der Waals surface area contributed by atoms with E-state index in [9.17, 15) is 10.2 Å². The Morgan fingerprint density at radius 3 is 2.81 bits per heavy atom. The summed E-state index contributed by atoms with van der Waals surface area (Å²) >= 11 is 0. The van der Waals surface area contributed by atoms with Gasteiger partial charge in [0, 0.05) is 22.8 Å². The number of ether oxygens (including phenoxy) is 1. The lowest BCUT2D eigenvalue weighted by Crippen LogP contribution is -2.62. The van der Waals surface area contributed by atoms with E-state index in [1.54, 1.807) is 0 Å². The van der Waals surface area contributed by atoms with Crippen LogP contribution < -0.4 is 5.73 Å². The minimum Gasteiger partial charge on any atom is -0.388 e. The van der Waals surface area contributed by atoms with Gasteiger partial charge in [0.05, 0.1) is 22.8 Å². The number of aliphatic hydroxyl groups excluding tert-OH is 2. The second-order valence-corrected chi connectivity index (χ2v) is 12.2. The van der Waals surface area contributed by atoms with Crippen LogP contribution in [0.3, 0.4) is 0 Å². The topological polar surface area (TPSA) is 108 Å². The van der Waals surface area contributed by atoms with Crippen LogP contribution in [0.2, 0.25) is 0 Å². The first-order valence-corrected chi connectivity index (χ1v) is 13.2. The lowest BCUT2D eigenvalue weighted by atomic mass is 9.54. The van der Waals surface area contributed by atoms with Gasteiger partial charge in [-0.05, 0) is 80.1 Å². The van der Waals surface area contributed by atoms with Crippen molar-refractivity contribution in [2.24, 2.45) is 17.3 Å². The molecule has 1 saturated heterocycles. The van der Waals surface area contributed by atoms with Crippen molar-refractivity contribution in [3.63, 3.8) is 0 Å². The van der Waals surface area contributed by atoms with E-state index in [0.717, 1.165) is 35.7 Å². The Labute approximate surface area is 211 Å². The van der Waals surface area contributed by atoms with Crippen LogP contribution in [0.25, 0.3) is 16.5 Å². The van der Waals surface area contributed by atoms with Crippen LogP contribution in [0.4, 0.5) is 5.82 Å². The normalized spacial score (nSPS) is 43.1. The molecule has 8 atom stereocenters. The highest BCUT2D eigenvalue weighted by atomic mass is 16.5. The molecule has 5 N–H and O–H groups in total. The lowest BCUT2D eigenvalue weighted by molar-refractivity contribution is -0.165. The molecule has 0 amide bonds. The first-order chi connectivity index (χ1) is 17.1. The summed E-state index contributed by atoms with van der Waals surface area (Å²) < 4.78 is 7.27. The van der Waals surface area contributed by atoms with Crippen molar-refractivity contribution in [1.29, 1.82) is 0 Å². The number of nitrogen functional groups attached to an aromatic ring is 1. The van der Waals surface area contributed by atoms with E-state index in [1.807, 2.05) is 19.0 Å². The predicted molar refractivity (Wildman–Crippen MR) is 140 cm³/mol. The Morgan fingerprint density at radius 2 is 2.03 bits per heavy atom. The molecule has 2 aromatic rings. The van der Waals surface area contributed by atoms with Crippen molar-refractivity contribution in [2.45, 2.75) is 69.0 Å². The van der Waals surface area contributed by atoms with E-state index in [-0.39, 0.29) is 23.0 Å². The molecule has 36 heavy (non-hydrogen) atoms. The van der Waals surface area contributed by atoms with E-state index in [2.05, 4.69) is 60.5 Å². The number of aromatic nitrogens is 2. The predicted octanol–water partition coefficient (Wildman–Crippen LogP) is 3.41. The third-order valence-corrected chi connectivity index (χ3v) is 10.5. The number of hydrogen-bond donors (Lipinski definition) is 4. The fourth-order valence-corrected chi connectivity index (χ4v) is 8.46. The van der Waals surface area contributed by atoms with E-state index in [1.165, 1.54) is 16.7 Å². The molecule has 1 saturated carbocycles. The third kappa shape index (κ3) is 2.59. The fourth-order valence-electron chi connectivity index (χ4n) is 8.46. The van der Waals surface area contributed by atoms with E-state index < -0.39 is 17.8 Å². The molecule has 7 heteroatoms. The Balaban J connectivity index is 1.33. The van der Waals surface area contributed by atoms with E-state index in [4.69, 9.17) is 10.5 Å². The summed E-state index contributed by atoms with van der Waals surface area (Å²) in [5.74, 6) is 1.11. The zero-order chi connectivity index (χ0) is 25.2. The largest absolute Gasteiger partial charge is 0.388 e. The smallest absolute Gasteiger partial charge is 0.153 e. The van der Waals surface area contributed by atoms with Gasteiger partial charge in [0.25, 0.3) is 0 Å². The molecule has 2 unspecified atom stereocenters. The summed E-state index contributed by atoms with van der Waals surface area (Å²) in [5.41, 5.74) is 10.7. The Bertz CT molecular complexity index is 1370. The molecular weight excluding hydrogens is 452 g/mol. The molecule has 3 heterocycles. The summed E-state index contributed by atoms with van der Waals surface area (Å²) in [5, 5.41) is 30.3. The molecule has 0 radical (unpaired) electrons. The monoisotopic (exact) mass is 488 g/mol. The lowest BCUT2D eigenvalue weighted by Gasteiger charge is -2.57. The van der Waals surface area contributed by atoms with Crippen molar-refractivity contribution in [3.8, 4) is 0 Å². The van der Waals surface area contributed by atoms with Gasteiger partial charge < -0.3 is 25.6 Å². The molecule has 3 aliphatic carbocycles. The zero-order valence-electron chi connectivity index (χ0n) is 21.5. The number of rotatable bonds is 2. The summed E-state index contributed by atoms with van der Waals surface area (Å²) in [6.07, 6.45) is 8.73. The van der Waals surface area contributed by atoms with Gasteiger partial charge in [0.1, 0.15) is 6.10 Å². The van der Waals surface area contributed by atoms with E-state index in [0.29, 0.717) is 18.2 Å². The van der Waals surface area contributed by atoms with Gasteiger partial charge in [-0.1, -0.05) is 38.1 Å². The molecule has 1 aromatic carbocycles. The molecule has 7 nitrogen and oxygen atoms in total. The number of nitrogens with zero attached hydrogens (tertiary/aromatic N) is 2. The SMILES string of the molecule is CC1C=C2C=C3[C@@H](O)[C@H](O)[C@@H](N(C)C)C[C@]34CC[C@]2(O4)C2CC=C(c3ccc4[nH]nc(N)c4c3)[C@@]12C. The van der Waals surface area contributed by atoms with Crippen molar-refractivity contribution < 1.29 is 14.9 Å². The van der Waals surface area contributed by atoms with Crippen LogP contribution in [0.5, 0.6) is 0 Å². The standard InChI is InChI=1S/C29H36N4O3/c1-15-11-17-13-20-24(34)25(35)22(33(3)4)14-28(20)9-10-29(17,36-28)23-8-6-19(27(15,23)2)16-5-7-21-18(12-16)26(30)32-31-21/h5-7,11-13,15,22-25,34-35H,8-10,14H2,1-4H3,(H3,30,31,32)/t15?,22-,23?,24+,25+,27+,28+,29+/m0/s1. The van der Waals surface area contributed by atoms with Gasteiger partial charge in [-0.15, -0.1) is 0 Å². The highest BCUT2D eigenvalue weighted by molar-refractivity contribution is 5.92. The maximum Gasteiger partial charge on any atom is 0.153 e. The molecule has 1 aromatic heterocycles. The van der Waals surface area contributed by atoms with Gasteiger partial charge in [0.2, 0.25) is 0 Å². The number of fused-ring (bicyclic) bond motifs is 2. The fraction of sp³-hybridized carbons (Fsp3) is 0.552. The van der Waals surface area contributed by atoms with Gasteiger partial charge in [-0.25, -0.2) is 0 Å². The molecular formula is C29H36N4O3. The third-order valence-electron chi connectivity index (χ3n) is 10.5. The van der Waals surface area contributed by atoms with E-state index >= 15 is 0 Å². The number of H-pyrrole nitrogens is 1. The number of nitrogens with two attached hydrogens (primary N) is 1. The second-order valence-electron chi connectivity index (χ2n) is 12.2. The number of aliphatic hydroxyl groups is 2. The Hall–Kier alpha value is -2.45. The Kier molecular flexibility index (Phi) is 4.48. The second kappa shape index (κ2) is 7.10. The van der Waals surface area contributed by atoms with Crippen LogP contribution in [0, 0.1) is 17.3 Å². The van der Waals surface area contributed by atoms with Gasteiger partial charge in [0.15, 0.2) is 5.82 Å². The number of allylic oxidation sites excluding steroid dienone is 3. The molecule has 2 aliphatic heterocycles. The van der Waals surface area contributed by atoms with Crippen molar-refractivity contribution in [1.82, 2.24) is 15.1 Å². The number of hydrogen-bond acceptors (Lipinski definition) is 6. The molecule has 2 fully saturated rings. The zero-order valence-corrected chi connectivity index (χ0v) is 21.5. The molecule has 5 aliphatic rings. The van der Waals surface area contributed by atoms with Crippen LogP contribution in [-0.2, 0) is 4.74 Å². The maximum atomic E-state index is 11.2. The highest BCUT2D eigenvalue weighted by Gasteiger charge is 2.68.